The summed E-state index contributed by atoms with van der Waals surface area (Å²) >= 11 is 5.59. The van der Waals surface area contributed by atoms with Gasteiger partial charge in [0.15, 0.2) is 0 Å². The standard InChI is InChI=1S/C14H18ClN3O3/c15-7-3-6-14(19)17-10-8-16(9-11-17)12-4-1-2-5-13(12)18(20)21/h1-2,4-5H,3,6-11H2. The molecule has 0 aliphatic carbocycles. The van der Waals surface area contributed by atoms with E-state index >= 15 is 0 Å². The number of para-hydroxylation sites is 2. The van der Waals surface area contributed by atoms with Crippen molar-refractivity contribution in [1.29, 1.82) is 0 Å². The van der Waals surface area contributed by atoms with Crippen LogP contribution in [0.4, 0.5) is 11.4 Å². The largest absolute Gasteiger partial charge is 0.362 e. The molecule has 0 bridgehead atoms. The van der Waals surface area contributed by atoms with Crippen LogP contribution in [0.5, 0.6) is 0 Å². The fourth-order valence-corrected chi connectivity index (χ4v) is 2.59. The number of anilines is 1. The molecular formula is C14H18ClN3O3. The molecule has 1 fully saturated rings. The van der Waals surface area contributed by atoms with Crippen LogP contribution in [0.2, 0.25) is 0 Å². The second-order valence-electron chi connectivity index (χ2n) is 4.91. The molecule has 2 rings (SSSR count). The average Bonchev–Trinajstić information content (AvgIpc) is 2.52. The summed E-state index contributed by atoms with van der Waals surface area (Å²) in [6.07, 6.45) is 1.15. The topological polar surface area (TPSA) is 66.7 Å². The molecule has 1 aromatic rings. The van der Waals surface area contributed by atoms with E-state index in [1.54, 1.807) is 23.1 Å². The molecule has 1 aromatic carbocycles. The second kappa shape index (κ2) is 7.26. The molecule has 0 saturated carbocycles. The zero-order valence-electron chi connectivity index (χ0n) is 11.7. The fraction of sp³-hybridized carbons (Fsp3) is 0.500. The zero-order valence-corrected chi connectivity index (χ0v) is 12.5. The molecule has 114 valence electrons. The number of carbonyl (C=O) groups excluding carboxylic acids is 1. The number of hydrogen-bond acceptors (Lipinski definition) is 4. The van der Waals surface area contributed by atoms with Gasteiger partial charge in [0.2, 0.25) is 5.91 Å². The van der Waals surface area contributed by atoms with Gasteiger partial charge in [-0.1, -0.05) is 12.1 Å². The maximum absolute atomic E-state index is 11.9. The predicted molar refractivity (Wildman–Crippen MR) is 81.8 cm³/mol. The number of alkyl halides is 1. The molecule has 0 N–H and O–H groups in total. The third-order valence-electron chi connectivity index (χ3n) is 3.58. The highest BCUT2D eigenvalue weighted by atomic mass is 35.5. The molecule has 0 radical (unpaired) electrons. The Morgan fingerprint density at radius 1 is 1.24 bits per heavy atom. The average molecular weight is 312 g/mol. The van der Waals surface area contributed by atoms with Crippen molar-refractivity contribution < 1.29 is 9.72 Å². The van der Waals surface area contributed by atoms with Crippen LogP contribution in [0.1, 0.15) is 12.8 Å². The number of nitrogens with zero attached hydrogens (tertiary/aromatic N) is 3. The van der Waals surface area contributed by atoms with Crippen LogP contribution < -0.4 is 4.90 Å². The van der Waals surface area contributed by atoms with Crippen molar-refractivity contribution >= 4 is 28.9 Å². The van der Waals surface area contributed by atoms with E-state index in [9.17, 15) is 14.9 Å². The van der Waals surface area contributed by atoms with E-state index < -0.39 is 0 Å². The summed E-state index contributed by atoms with van der Waals surface area (Å²) in [5, 5.41) is 11.1. The minimum atomic E-state index is -0.368. The maximum Gasteiger partial charge on any atom is 0.292 e. The summed E-state index contributed by atoms with van der Waals surface area (Å²) in [7, 11) is 0. The highest BCUT2D eigenvalue weighted by Crippen LogP contribution is 2.28. The van der Waals surface area contributed by atoms with Gasteiger partial charge in [0, 0.05) is 44.5 Å². The molecule has 7 heteroatoms. The lowest BCUT2D eigenvalue weighted by Gasteiger charge is -2.35. The number of nitro benzene ring substituents is 1. The van der Waals surface area contributed by atoms with Gasteiger partial charge in [0.05, 0.1) is 4.92 Å². The fourth-order valence-electron chi connectivity index (χ4n) is 2.46. The first-order chi connectivity index (χ1) is 10.1. The van der Waals surface area contributed by atoms with Crippen molar-refractivity contribution in [2.24, 2.45) is 0 Å². The number of benzene rings is 1. The quantitative estimate of drug-likeness (QED) is 0.475. The summed E-state index contributed by atoms with van der Waals surface area (Å²) in [4.78, 5) is 26.4. The number of nitro groups is 1. The van der Waals surface area contributed by atoms with Gasteiger partial charge in [0.25, 0.3) is 5.69 Å². The van der Waals surface area contributed by atoms with Gasteiger partial charge in [-0.3, -0.25) is 14.9 Å². The van der Waals surface area contributed by atoms with Crippen molar-refractivity contribution in [2.75, 3.05) is 37.0 Å². The van der Waals surface area contributed by atoms with Crippen molar-refractivity contribution in [1.82, 2.24) is 4.90 Å². The molecule has 21 heavy (non-hydrogen) atoms. The number of carbonyl (C=O) groups is 1. The highest BCUT2D eigenvalue weighted by molar-refractivity contribution is 6.17. The maximum atomic E-state index is 11.9. The van der Waals surface area contributed by atoms with Crippen LogP contribution in [-0.2, 0) is 4.79 Å². The number of piperazine rings is 1. The van der Waals surface area contributed by atoms with Crippen LogP contribution in [0.25, 0.3) is 0 Å². The van der Waals surface area contributed by atoms with Gasteiger partial charge >= 0.3 is 0 Å². The van der Waals surface area contributed by atoms with Gasteiger partial charge in [-0.25, -0.2) is 0 Å². The second-order valence-corrected chi connectivity index (χ2v) is 5.28. The Kier molecular flexibility index (Phi) is 5.38. The van der Waals surface area contributed by atoms with Gasteiger partial charge in [0.1, 0.15) is 5.69 Å². The first-order valence-corrected chi connectivity index (χ1v) is 7.49. The first-order valence-electron chi connectivity index (χ1n) is 6.95. The van der Waals surface area contributed by atoms with Gasteiger partial charge in [-0.05, 0) is 12.5 Å². The van der Waals surface area contributed by atoms with Crippen molar-refractivity contribution in [2.45, 2.75) is 12.8 Å². The van der Waals surface area contributed by atoms with E-state index in [0.29, 0.717) is 50.6 Å². The van der Waals surface area contributed by atoms with E-state index in [1.807, 2.05) is 4.90 Å². The summed E-state index contributed by atoms with van der Waals surface area (Å²) in [5.74, 6) is 0.597. The van der Waals surface area contributed by atoms with E-state index in [-0.39, 0.29) is 16.5 Å². The van der Waals surface area contributed by atoms with Crippen molar-refractivity contribution in [3.05, 3.63) is 34.4 Å². The summed E-state index contributed by atoms with van der Waals surface area (Å²) in [6.45, 7) is 2.40. The SMILES string of the molecule is O=C(CCCCl)N1CCN(c2ccccc2[N+](=O)[O-])CC1. The molecular weight excluding hydrogens is 294 g/mol. The lowest BCUT2D eigenvalue weighted by Crippen LogP contribution is -2.48. The minimum Gasteiger partial charge on any atom is -0.362 e. The minimum absolute atomic E-state index is 0.109. The Hall–Kier alpha value is -1.82. The van der Waals surface area contributed by atoms with Gasteiger partial charge < -0.3 is 9.80 Å². The number of amides is 1. The summed E-state index contributed by atoms with van der Waals surface area (Å²) in [5.41, 5.74) is 0.731. The molecule has 0 spiro atoms. The molecule has 1 heterocycles. The van der Waals surface area contributed by atoms with E-state index in [4.69, 9.17) is 11.6 Å². The Bertz CT molecular complexity index is 516. The van der Waals surface area contributed by atoms with E-state index in [1.165, 1.54) is 6.07 Å². The molecule has 1 saturated heterocycles. The molecule has 1 amide bonds. The monoisotopic (exact) mass is 311 g/mol. The number of hydrogen-bond donors (Lipinski definition) is 0. The van der Waals surface area contributed by atoms with Crippen LogP contribution in [0.3, 0.4) is 0 Å². The predicted octanol–water partition coefficient (Wildman–Crippen LogP) is 2.26. The number of rotatable bonds is 5. The number of halogens is 1. The molecule has 6 nitrogen and oxygen atoms in total. The van der Waals surface area contributed by atoms with E-state index in [0.717, 1.165) is 0 Å². The molecule has 0 aromatic heterocycles. The van der Waals surface area contributed by atoms with Crippen molar-refractivity contribution in [3.8, 4) is 0 Å². The van der Waals surface area contributed by atoms with Crippen LogP contribution >= 0.6 is 11.6 Å². The van der Waals surface area contributed by atoms with Gasteiger partial charge in [-0.15, -0.1) is 11.6 Å². The molecule has 1 aliphatic heterocycles. The molecule has 1 aliphatic rings. The van der Waals surface area contributed by atoms with E-state index in [2.05, 4.69) is 0 Å². The first kappa shape index (κ1) is 15.6. The third kappa shape index (κ3) is 3.85. The summed E-state index contributed by atoms with van der Waals surface area (Å²) < 4.78 is 0. The Morgan fingerprint density at radius 3 is 2.52 bits per heavy atom. The van der Waals surface area contributed by atoms with Crippen LogP contribution in [0, 0.1) is 10.1 Å². The summed E-state index contributed by atoms with van der Waals surface area (Å²) in [6, 6.07) is 6.71. The zero-order chi connectivity index (χ0) is 15.2. The smallest absolute Gasteiger partial charge is 0.292 e. The Morgan fingerprint density at radius 2 is 1.90 bits per heavy atom. The lowest BCUT2D eigenvalue weighted by molar-refractivity contribution is -0.384. The van der Waals surface area contributed by atoms with Crippen LogP contribution in [-0.4, -0.2) is 47.8 Å². The Labute approximate surface area is 128 Å². The molecule has 0 unspecified atom stereocenters. The van der Waals surface area contributed by atoms with Crippen molar-refractivity contribution in [3.63, 3.8) is 0 Å². The third-order valence-corrected chi connectivity index (χ3v) is 3.84. The highest BCUT2D eigenvalue weighted by Gasteiger charge is 2.24. The lowest BCUT2D eigenvalue weighted by atomic mass is 10.2. The van der Waals surface area contributed by atoms with Crippen LogP contribution in [0.15, 0.2) is 24.3 Å². The molecule has 0 atom stereocenters. The van der Waals surface area contributed by atoms with Gasteiger partial charge in [-0.2, -0.15) is 0 Å². The normalized spacial score (nSPS) is 15.1. The Balaban J connectivity index is 1.98.